The van der Waals surface area contributed by atoms with Crippen LogP contribution >= 0.6 is 24.8 Å². The van der Waals surface area contributed by atoms with Crippen LogP contribution in [0.4, 0.5) is 0 Å². The Balaban J connectivity index is 0.00000162. The first-order valence-electron chi connectivity index (χ1n) is 6.97. The van der Waals surface area contributed by atoms with Crippen molar-refractivity contribution in [2.75, 3.05) is 13.1 Å². The van der Waals surface area contributed by atoms with Gasteiger partial charge in [0.1, 0.15) is 6.04 Å². The lowest BCUT2D eigenvalue weighted by Gasteiger charge is -2.33. The smallest absolute Gasteiger partial charge is 0.320 e. The molecule has 114 valence electrons. The molecule has 1 saturated carbocycles. The summed E-state index contributed by atoms with van der Waals surface area (Å²) in [4.78, 5) is 11.4. The Bertz CT molecular complexity index is 255. The Kier molecular flexibility index (Phi) is 9.79. The molecule has 0 bridgehead atoms. The molecule has 1 unspecified atom stereocenters. The van der Waals surface area contributed by atoms with Crippen LogP contribution in [-0.4, -0.2) is 36.2 Å². The van der Waals surface area contributed by atoms with Gasteiger partial charge in [-0.25, -0.2) is 0 Å². The summed E-state index contributed by atoms with van der Waals surface area (Å²) in [6, 6.07) is 0.0673. The molecule has 0 amide bonds. The summed E-state index contributed by atoms with van der Waals surface area (Å²) in [5, 5.41) is 16.1. The lowest BCUT2D eigenvalue weighted by Crippen LogP contribution is -2.51. The van der Waals surface area contributed by atoms with Crippen LogP contribution < -0.4 is 10.6 Å². The van der Waals surface area contributed by atoms with Crippen molar-refractivity contribution >= 4 is 30.8 Å². The summed E-state index contributed by atoms with van der Waals surface area (Å²) >= 11 is 0. The summed E-state index contributed by atoms with van der Waals surface area (Å²) in [7, 11) is 0. The Morgan fingerprint density at radius 2 is 1.63 bits per heavy atom. The second-order valence-corrected chi connectivity index (χ2v) is 5.40. The normalized spacial score (nSPS) is 22.9. The third-order valence-corrected chi connectivity index (χ3v) is 4.14. The summed E-state index contributed by atoms with van der Waals surface area (Å²) in [6.45, 7) is 2.02. The highest BCUT2D eigenvalue weighted by Gasteiger charge is 2.31. The van der Waals surface area contributed by atoms with E-state index >= 15 is 0 Å². The largest absolute Gasteiger partial charge is 0.480 e. The predicted octanol–water partition coefficient (Wildman–Crippen LogP) is 2.21. The van der Waals surface area contributed by atoms with Gasteiger partial charge in [0.05, 0.1) is 0 Å². The maximum absolute atomic E-state index is 11.4. The molecule has 1 saturated heterocycles. The van der Waals surface area contributed by atoms with Crippen LogP contribution in [0.5, 0.6) is 0 Å². The number of rotatable bonds is 4. The molecule has 3 N–H and O–H groups in total. The molecule has 2 aliphatic rings. The van der Waals surface area contributed by atoms with Crippen LogP contribution in [0, 0.1) is 5.92 Å². The molecule has 2 rings (SSSR count). The van der Waals surface area contributed by atoms with Gasteiger partial charge in [0.25, 0.3) is 0 Å². The van der Waals surface area contributed by atoms with Gasteiger partial charge in [0.2, 0.25) is 0 Å². The Morgan fingerprint density at radius 3 is 2.16 bits per heavy atom. The molecule has 1 aliphatic carbocycles. The molecule has 0 radical (unpaired) electrons. The third-order valence-electron chi connectivity index (χ3n) is 4.14. The van der Waals surface area contributed by atoms with E-state index in [1.165, 1.54) is 19.3 Å². The standard InChI is InChI=1S/C13H24N2O2.2ClH/c16-13(17)12(10-4-2-1-3-5-10)15-11-6-8-14-9-7-11;;/h10-12,14-15H,1-9H2,(H,16,17);2*1H. The number of halogens is 2. The van der Waals surface area contributed by atoms with Crippen molar-refractivity contribution in [3.8, 4) is 0 Å². The second kappa shape index (κ2) is 9.81. The number of hydrogen-bond donors (Lipinski definition) is 3. The number of carboxylic acids is 1. The van der Waals surface area contributed by atoms with E-state index < -0.39 is 5.97 Å². The average molecular weight is 313 g/mol. The number of hydrogen-bond acceptors (Lipinski definition) is 3. The summed E-state index contributed by atoms with van der Waals surface area (Å²) in [5.41, 5.74) is 0. The van der Waals surface area contributed by atoms with Crippen molar-refractivity contribution < 1.29 is 9.90 Å². The van der Waals surface area contributed by atoms with Gasteiger partial charge in [-0.2, -0.15) is 0 Å². The summed E-state index contributed by atoms with van der Waals surface area (Å²) in [5.74, 6) is -0.313. The van der Waals surface area contributed by atoms with Gasteiger partial charge in [-0.3, -0.25) is 4.79 Å². The van der Waals surface area contributed by atoms with Gasteiger partial charge < -0.3 is 15.7 Å². The Morgan fingerprint density at radius 1 is 1.05 bits per heavy atom. The monoisotopic (exact) mass is 312 g/mol. The number of piperidine rings is 1. The number of nitrogens with one attached hydrogen (secondary N) is 2. The molecule has 19 heavy (non-hydrogen) atoms. The zero-order valence-electron chi connectivity index (χ0n) is 11.3. The van der Waals surface area contributed by atoms with E-state index in [1.807, 2.05) is 0 Å². The molecular formula is C13H26Cl2N2O2. The van der Waals surface area contributed by atoms with E-state index in [1.54, 1.807) is 0 Å². The van der Waals surface area contributed by atoms with Gasteiger partial charge in [0, 0.05) is 6.04 Å². The molecule has 0 aromatic carbocycles. The quantitative estimate of drug-likeness (QED) is 0.745. The summed E-state index contributed by atoms with van der Waals surface area (Å²) < 4.78 is 0. The minimum absolute atomic E-state index is 0. The molecule has 1 aliphatic heterocycles. The van der Waals surface area contributed by atoms with Gasteiger partial charge in [-0.05, 0) is 44.7 Å². The highest BCUT2D eigenvalue weighted by atomic mass is 35.5. The van der Waals surface area contributed by atoms with Gasteiger partial charge in [-0.1, -0.05) is 19.3 Å². The number of carboxylic acid groups (broad SMARTS) is 1. The van der Waals surface area contributed by atoms with E-state index in [2.05, 4.69) is 10.6 Å². The molecule has 6 heteroatoms. The minimum atomic E-state index is -0.657. The van der Waals surface area contributed by atoms with Crippen molar-refractivity contribution in [2.24, 2.45) is 5.92 Å². The molecule has 0 aromatic heterocycles. The minimum Gasteiger partial charge on any atom is -0.480 e. The van der Waals surface area contributed by atoms with E-state index in [-0.39, 0.29) is 30.9 Å². The highest BCUT2D eigenvalue weighted by Crippen LogP contribution is 2.27. The van der Waals surface area contributed by atoms with Crippen LogP contribution in [-0.2, 0) is 4.79 Å². The average Bonchev–Trinajstić information content (AvgIpc) is 2.38. The van der Waals surface area contributed by atoms with E-state index in [9.17, 15) is 9.90 Å². The maximum Gasteiger partial charge on any atom is 0.320 e. The number of aliphatic carboxylic acids is 1. The molecule has 4 nitrogen and oxygen atoms in total. The Labute approximate surface area is 127 Å². The van der Waals surface area contributed by atoms with Gasteiger partial charge in [-0.15, -0.1) is 24.8 Å². The van der Waals surface area contributed by atoms with Crippen molar-refractivity contribution in [1.29, 1.82) is 0 Å². The number of carbonyl (C=O) groups is 1. The first kappa shape index (κ1) is 19.0. The van der Waals surface area contributed by atoms with Gasteiger partial charge >= 0.3 is 5.97 Å². The van der Waals surface area contributed by atoms with Crippen molar-refractivity contribution in [1.82, 2.24) is 10.6 Å². The van der Waals surface area contributed by atoms with Crippen LogP contribution in [0.15, 0.2) is 0 Å². The molecule has 0 aromatic rings. The fraction of sp³-hybridized carbons (Fsp3) is 0.923. The fourth-order valence-electron chi connectivity index (χ4n) is 3.12. The maximum atomic E-state index is 11.4. The first-order chi connectivity index (χ1) is 8.27. The lowest BCUT2D eigenvalue weighted by atomic mass is 9.83. The highest BCUT2D eigenvalue weighted by molar-refractivity contribution is 5.85. The third kappa shape index (κ3) is 5.86. The zero-order chi connectivity index (χ0) is 12.1. The van der Waals surface area contributed by atoms with Crippen LogP contribution in [0.1, 0.15) is 44.9 Å². The van der Waals surface area contributed by atoms with E-state index in [0.29, 0.717) is 12.0 Å². The first-order valence-corrected chi connectivity index (χ1v) is 6.97. The van der Waals surface area contributed by atoms with Crippen LogP contribution in [0.25, 0.3) is 0 Å². The van der Waals surface area contributed by atoms with Gasteiger partial charge in [0.15, 0.2) is 0 Å². The fourth-order valence-corrected chi connectivity index (χ4v) is 3.12. The van der Waals surface area contributed by atoms with E-state index in [4.69, 9.17) is 0 Å². The molecule has 0 spiro atoms. The summed E-state index contributed by atoms with van der Waals surface area (Å²) in [6.07, 6.45) is 7.93. The van der Waals surface area contributed by atoms with Crippen LogP contribution in [0.3, 0.4) is 0 Å². The second-order valence-electron chi connectivity index (χ2n) is 5.40. The van der Waals surface area contributed by atoms with Crippen molar-refractivity contribution in [3.63, 3.8) is 0 Å². The van der Waals surface area contributed by atoms with Crippen molar-refractivity contribution in [3.05, 3.63) is 0 Å². The van der Waals surface area contributed by atoms with Crippen molar-refractivity contribution in [2.45, 2.75) is 57.0 Å². The lowest BCUT2D eigenvalue weighted by molar-refractivity contribution is -0.141. The molecular weight excluding hydrogens is 287 g/mol. The molecule has 1 heterocycles. The Hall–Kier alpha value is -0.0300. The predicted molar refractivity (Wildman–Crippen MR) is 81.5 cm³/mol. The topological polar surface area (TPSA) is 61.4 Å². The molecule has 2 fully saturated rings. The van der Waals surface area contributed by atoms with Crippen LogP contribution in [0.2, 0.25) is 0 Å². The molecule has 1 atom stereocenters. The SMILES string of the molecule is Cl.Cl.O=C(O)C(NC1CCNCC1)C1CCCCC1. The zero-order valence-corrected chi connectivity index (χ0v) is 12.9. The van der Waals surface area contributed by atoms with E-state index in [0.717, 1.165) is 38.8 Å².